The third-order valence-electron chi connectivity index (χ3n) is 2.96. The van der Waals surface area contributed by atoms with E-state index in [2.05, 4.69) is 10.6 Å². The van der Waals surface area contributed by atoms with Gasteiger partial charge in [0, 0.05) is 11.1 Å². The van der Waals surface area contributed by atoms with Crippen LogP contribution in [0, 0.1) is 0 Å². The van der Waals surface area contributed by atoms with Crippen LogP contribution in [0.2, 0.25) is 10.0 Å². The summed E-state index contributed by atoms with van der Waals surface area (Å²) in [6, 6.07) is 12.2. The third kappa shape index (κ3) is 5.53. The molecule has 0 aliphatic heterocycles. The van der Waals surface area contributed by atoms with Gasteiger partial charge < -0.3 is 10.1 Å². The number of methoxy groups -OCH3 is 1. The molecule has 0 aliphatic rings. The quantitative estimate of drug-likeness (QED) is 0.604. The van der Waals surface area contributed by atoms with Crippen LogP contribution < -0.4 is 15.4 Å². The van der Waals surface area contributed by atoms with Crippen LogP contribution in [0.4, 0.5) is 5.69 Å². The molecule has 0 saturated carbocycles. The van der Waals surface area contributed by atoms with Gasteiger partial charge in [-0.05, 0) is 54.2 Å². The molecule has 0 unspecified atom stereocenters. The maximum atomic E-state index is 11.9. The van der Waals surface area contributed by atoms with E-state index >= 15 is 0 Å². The number of benzene rings is 2. The number of thiocarbonyl (C=S) groups is 1. The average Bonchev–Trinajstić information content (AvgIpc) is 2.56. The van der Waals surface area contributed by atoms with Crippen molar-refractivity contribution in [3.8, 4) is 5.75 Å². The van der Waals surface area contributed by atoms with Crippen molar-refractivity contribution in [1.82, 2.24) is 5.32 Å². The largest absolute Gasteiger partial charge is 0.497 e. The first-order valence-corrected chi connectivity index (χ1v) is 8.03. The Morgan fingerprint density at radius 3 is 2.54 bits per heavy atom. The van der Waals surface area contributed by atoms with Crippen molar-refractivity contribution in [2.24, 2.45) is 0 Å². The van der Waals surface area contributed by atoms with Crippen LogP contribution in [0.15, 0.2) is 48.5 Å². The molecule has 0 spiro atoms. The van der Waals surface area contributed by atoms with E-state index in [1.807, 2.05) is 24.3 Å². The first-order chi connectivity index (χ1) is 11.5. The van der Waals surface area contributed by atoms with Crippen molar-refractivity contribution in [2.45, 2.75) is 0 Å². The Bertz CT molecular complexity index is 777. The van der Waals surface area contributed by atoms with E-state index in [0.717, 1.165) is 11.3 Å². The molecule has 0 heterocycles. The van der Waals surface area contributed by atoms with Gasteiger partial charge >= 0.3 is 0 Å². The monoisotopic (exact) mass is 380 g/mol. The molecular formula is C17H14Cl2N2O2S. The normalized spacial score (nSPS) is 10.5. The molecular weight excluding hydrogens is 367 g/mol. The molecule has 0 radical (unpaired) electrons. The summed E-state index contributed by atoms with van der Waals surface area (Å²) in [5, 5.41) is 6.45. The van der Waals surface area contributed by atoms with Gasteiger partial charge in [-0.2, -0.15) is 0 Å². The summed E-state index contributed by atoms with van der Waals surface area (Å²) in [5.74, 6) is 0.391. The SMILES string of the molecule is COc1ccc(/C=C/C(=O)NC(=S)Nc2cc(Cl)ccc2Cl)cc1. The summed E-state index contributed by atoms with van der Waals surface area (Å²) in [6.07, 6.45) is 3.05. The first-order valence-electron chi connectivity index (χ1n) is 6.87. The highest BCUT2D eigenvalue weighted by atomic mass is 35.5. The molecule has 2 rings (SSSR count). The Morgan fingerprint density at radius 2 is 1.88 bits per heavy atom. The van der Waals surface area contributed by atoms with E-state index in [-0.39, 0.29) is 11.0 Å². The molecule has 24 heavy (non-hydrogen) atoms. The molecule has 0 fully saturated rings. The van der Waals surface area contributed by atoms with Crippen LogP contribution in [0.1, 0.15) is 5.56 Å². The van der Waals surface area contributed by atoms with Crippen LogP contribution in [-0.4, -0.2) is 18.1 Å². The predicted octanol–water partition coefficient (Wildman–Crippen LogP) is 4.53. The highest BCUT2D eigenvalue weighted by Crippen LogP contribution is 2.25. The Morgan fingerprint density at radius 1 is 1.17 bits per heavy atom. The van der Waals surface area contributed by atoms with Crippen molar-refractivity contribution >= 4 is 58.2 Å². The smallest absolute Gasteiger partial charge is 0.250 e. The van der Waals surface area contributed by atoms with E-state index in [4.69, 9.17) is 40.2 Å². The van der Waals surface area contributed by atoms with E-state index in [9.17, 15) is 4.79 Å². The fraction of sp³-hybridized carbons (Fsp3) is 0.0588. The minimum absolute atomic E-state index is 0.128. The fourth-order valence-electron chi connectivity index (χ4n) is 1.79. The molecule has 1 amide bonds. The zero-order chi connectivity index (χ0) is 17.5. The van der Waals surface area contributed by atoms with Crippen molar-refractivity contribution in [3.63, 3.8) is 0 Å². The molecule has 0 atom stereocenters. The number of hydrogen-bond donors (Lipinski definition) is 2. The van der Waals surface area contributed by atoms with Crippen LogP contribution in [0.3, 0.4) is 0 Å². The third-order valence-corrected chi connectivity index (χ3v) is 3.73. The lowest BCUT2D eigenvalue weighted by atomic mass is 10.2. The minimum atomic E-state index is -0.360. The molecule has 0 bridgehead atoms. The number of halogens is 2. The maximum absolute atomic E-state index is 11.9. The van der Waals surface area contributed by atoms with Gasteiger partial charge in [0.1, 0.15) is 5.75 Å². The van der Waals surface area contributed by atoms with E-state index in [1.54, 1.807) is 31.4 Å². The molecule has 2 aromatic carbocycles. The summed E-state index contributed by atoms with van der Waals surface area (Å²) in [4.78, 5) is 11.9. The van der Waals surface area contributed by atoms with Gasteiger partial charge in [-0.1, -0.05) is 35.3 Å². The first kappa shape index (κ1) is 18.3. The number of ether oxygens (including phenoxy) is 1. The maximum Gasteiger partial charge on any atom is 0.250 e. The second kappa shape index (κ2) is 8.68. The Balaban J connectivity index is 1.92. The van der Waals surface area contributed by atoms with Crippen molar-refractivity contribution in [2.75, 3.05) is 12.4 Å². The van der Waals surface area contributed by atoms with Crippen molar-refractivity contribution in [1.29, 1.82) is 0 Å². The number of carbonyl (C=O) groups is 1. The highest BCUT2D eigenvalue weighted by Gasteiger charge is 2.05. The van der Waals surface area contributed by atoms with Gasteiger partial charge in [-0.15, -0.1) is 0 Å². The summed E-state index contributed by atoms with van der Waals surface area (Å²) < 4.78 is 5.07. The molecule has 124 valence electrons. The summed E-state index contributed by atoms with van der Waals surface area (Å²) in [5.41, 5.74) is 1.39. The van der Waals surface area contributed by atoms with Crippen LogP contribution in [-0.2, 0) is 4.79 Å². The van der Waals surface area contributed by atoms with Crippen LogP contribution in [0.5, 0.6) is 5.75 Å². The number of amides is 1. The molecule has 0 aliphatic carbocycles. The summed E-state index contributed by atoms with van der Waals surface area (Å²) in [6.45, 7) is 0. The zero-order valence-corrected chi connectivity index (χ0v) is 15.0. The Hall–Kier alpha value is -2.08. The predicted molar refractivity (Wildman–Crippen MR) is 103 cm³/mol. The number of rotatable bonds is 4. The second-order valence-electron chi connectivity index (χ2n) is 4.67. The van der Waals surface area contributed by atoms with Crippen LogP contribution in [0.25, 0.3) is 6.08 Å². The van der Waals surface area contributed by atoms with E-state index in [1.165, 1.54) is 6.08 Å². The molecule has 0 saturated heterocycles. The number of carbonyl (C=O) groups excluding carboxylic acids is 1. The van der Waals surface area contributed by atoms with Gasteiger partial charge in [-0.3, -0.25) is 10.1 Å². The molecule has 0 aromatic heterocycles. The van der Waals surface area contributed by atoms with Gasteiger partial charge in [-0.25, -0.2) is 0 Å². The molecule has 4 nitrogen and oxygen atoms in total. The summed E-state index contributed by atoms with van der Waals surface area (Å²) in [7, 11) is 1.60. The zero-order valence-electron chi connectivity index (χ0n) is 12.7. The lowest BCUT2D eigenvalue weighted by Crippen LogP contribution is -2.32. The van der Waals surface area contributed by atoms with Gasteiger partial charge in [0.15, 0.2) is 5.11 Å². The number of anilines is 1. The van der Waals surface area contributed by atoms with Gasteiger partial charge in [0.25, 0.3) is 0 Å². The lowest BCUT2D eigenvalue weighted by Gasteiger charge is -2.10. The molecule has 2 N–H and O–H groups in total. The highest BCUT2D eigenvalue weighted by molar-refractivity contribution is 7.80. The topological polar surface area (TPSA) is 50.4 Å². The Kier molecular flexibility index (Phi) is 6.61. The number of nitrogens with one attached hydrogen (secondary N) is 2. The van der Waals surface area contributed by atoms with Gasteiger partial charge in [0.05, 0.1) is 17.8 Å². The lowest BCUT2D eigenvalue weighted by molar-refractivity contribution is -0.115. The fourth-order valence-corrected chi connectivity index (χ4v) is 2.33. The van der Waals surface area contributed by atoms with E-state index in [0.29, 0.717) is 15.7 Å². The molecule has 2 aromatic rings. The average molecular weight is 381 g/mol. The number of hydrogen-bond acceptors (Lipinski definition) is 3. The molecule has 7 heteroatoms. The standard InChI is InChI=1S/C17H14Cl2N2O2S/c1-23-13-6-2-11(3-7-13)4-9-16(22)21-17(24)20-15-10-12(18)5-8-14(15)19/h2-10H,1H3,(H2,20,21,22,24)/b9-4+. The van der Waals surface area contributed by atoms with Gasteiger partial charge in [0.2, 0.25) is 5.91 Å². The van der Waals surface area contributed by atoms with Crippen molar-refractivity contribution < 1.29 is 9.53 Å². The van der Waals surface area contributed by atoms with Crippen molar-refractivity contribution in [3.05, 3.63) is 64.1 Å². The minimum Gasteiger partial charge on any atom is -0.497 e. The second-order valence-corrected chi connectivity index (χ2v) is 5.93. The Labute approximate surface area is 155 Å². The van der Waals surface area contributed by atoms with Crippen LogP contribution >= 0.6 is 35.4 Å². The van der Waals surface area contributed by atoms with E-state index < -0.39 is 0 Å². The summed E-state index contributed by atoms with van der Waals surface area (Å²) >= 11 is 17.0.